The molecule has 0 unspecified atom stereocenters. The van der Waals surface area contributed by atoms with Crippen molar-refractivity contribution in [2.75, 3.05) is 13.2 Å². The predicted molar refractivity (Wildman–Crippen MR) is 276 cm³/mol. The summed E-state index contributed by atoms with van der Waals surface area (Å²) >= 11 is 1.83. The molecule has 0 N–H and O–H groups in total. The van der Waals surface area contributed by atoms with Gasteiger partial charge in [-0.1, -0.05) is 85.0 Å². The van der Waals surface area contributed by atoms with Crippen LogP contribution in [0.4, 0.5) is 0 Å². The molecule has 0 saturated carbocycles. The number of ether oxygens (including phenoxy) is 1. The van der Waals surface area contributed by atoms with Crippen LogP contribution in [0.2, 0.25) is 0 Å². The normalized spacial score (nSPS) is 15.0. The van der Waals surface area contributed by atoms with E-state index < -0.39 is 7.26 Å². The van der Waals surface area contributed by atoms with Crippen LogP contribution in [0.1, 0.15) is 47.2 Å². The summed E-state index contributed by atoms with van der Waals surface area (Å²) in [5, 5.41) is 10.0. The third-order valence-corrected chi connectivity index (χ3v) is 17.5. The van der Waals surface area contributed by atoms with Gasteiger partial charge in [0.05, 0.1) is 0 Å². The molecule has 0 atom stereocenters. The Balaban J connectivity index is 1.18. The van der Waals surface area contributed by atoms with Crippen LogP contribution in [0, 0.1) is 4.37 Å². The molecule has 1 saturated heterocycles. The fourth-order valence-corrected chi connectivity index (χ4v) is 14.8. The van der Waals surface area contributed by atoms with Gasteiger partial charge in [0.2, 0.25) is 0 Å². The second-order valence-corrected chi connectivity index (χ2v) is 19.9. The van der Waals surface area contributed by atoms with E-state index in [0.29, 0.717) is 13.2 Å². The standard InChI is InChI=1S/C61H49OP.Os/c1-4-19-46-30-32-47(33-31-46)36-40-59-55-26-15-17-28-57(55)60(58-29-18-16-27-56(58)59)41-37-48-34-38-50(39-35-48)61(42-51-44-62-43-49(51)5-2)45(3)63(52-20-9-6-10-21-52,53-22-11-7-12-23-53)54-24-13-8-14-25-54;/h4-42H,43-44H2,1-2H3;/q+1;/b19-4+,40-36+,41-37+,49-5?,51-42?,61-45?;. The summed E-state index contributed by atoms with van der Waals surface area (Å²) in [4.78, 5) is 0. The van der Waals surface area contributed by atoms with Gasteiger partial charge in [-0.25, -0.2) is 0 Å². The topological polar surface area (TPSA) is 9.23 Å². The summed E-state index contributed by atoms with van der Waals surface area (Å²) < 4.78 is 9.97. The molecule has 0 spiro atoms. The Morgan fingerprint density at radius 3 is 1.27 bits per heavy atom. The monoisotopic (exact) mass is 1020 g/mol. The summed E-state index contributed by atoms with van der Waals surface area (Å²) in [5.74, 6) is 0. The number of hydrogen-bond acceptors (Lipinski definition) is 1. The Morgan fingerprint density at radius 1 is 0.469 bits per heavy atom. The summed E-state index contributed by atoms with van der Waals surface area (Å²) in [6.07, 6.45) is 17.9. The summed E-state index contributed by atoms with van der Waals surface area (Å²) in [5.41, 5.74) is 10.7. The Bertz CT molecular complexity index is 3010. The fraction of sp³-hybridized carbons (Fsp3) is 0.0656. The summed E-state index contributed by atoms with van der Waals surface area (Å²) in [6, 6.07) is 68.7. The molecule has 1 aliphatic heterocycles. The molecule has 0 radical (unpaired) electrons. The minimum absolute atomic E-state index is 0.581. The molecule has 0 aromatic heterocycles. The number of hydrogen-bond donors (Lipinski definition) is 0. The molecule has 64 heavy (non-hydrogen) atoms. The first-order valence-corrected chi connectivity index (χ1v) is 24.9. The van der Waals surface area contributed by atoms with Crippen molar-refractivity contribution < 1.29 is 22.7 Å². The Hall–Kier alpha value is -6.47. The molecule has 9 rings (SSSR count). The molecule has 3 heteroatoms. The maximum absolute atomic E-state index is 6.07. The van der Waals surface area contributed by atoms with Gasteiger partial charge in [-0.2, -0.15) is 0 Å². The van der Waals surface area contributed by atoms with E-state index in [0.717, 1.165) is 11.1 Å². The van der Waals surface area contributed by atoms with E-state index in [2.05, 4.69) is 255 Å². The van der Waals surface area contributed by atoms with E-state index in [1.165, 1.54) is 81.7 Å². The van der Waals surface area contributed by atoms with E-state index >= 15 is 0 Å². The molecule has 0 aliphatic carbocycles. The van der Waals surface area contributed by atoms with E-state index in [-0.39, 0.29) is 0 Å². The zero-order valence-electron chi connectivity index (χ0n) is 36.1. The van der Waals surface area contributed by atoms with Gasteiger partial charge in [0, 0.05) is 0 Å². The summed E-state index contributed by atoms with van der Waals surface area (Å²) in [6.45, 7) is 5.37. The molecule has 0 bridgehead atoms. The Kier molecular flexibility index (Phi) is 13.3. The second-order valence-electron chi connectivity index (χ2n) is 15.9. The third-order valence-electron chi connectivity index (χ3n) is 12.1. The van der Waals surface area contributed by atoms with Crippen molar-refractivity contribution in [2.24, 2.45) is 0 Å². The second kappa shape index (κ2) is 19.9. The molecule has 1 fully saturated rings. The zero-order valence-corrected chi connectivity index (χ0v) is 39.6. The van der Waals surface area contributed by atoms with Crippen LogP contribution in [0.15, 0.2) is 223 Å². The molecule has 8 aromatic rings. The van der Waals surface area contributed by atoms with Gasteiger partial charge in [0.1, 0.15) is 0 Å². The van der Waals surface area contributed by atoms with Gasteiger partial charge in [0.25, 0.3) is 0 Å². The molecule has 1 aliphatic rings. The predicted octanol–water partition coefficient (Wildman–Crippen LogP) is 14.5. The van der Waals surface area contributed by atoms with Crippen LogP contribution in [-0.2, 0) is 22.7 Å². The van der Waals surface area contributed by atoms with Crippen molar-refractivity contribution in [1.82, 2.24) is 0 Å². The zero-order chi connectivity index (χ0) is 43.7. The molecule has 311 valence electrons. The summed E-state index contributed by atoms with van der Waals surface area (Å²) in [7, 11) is -2.46. The van der Waals surface area contributed by atoms with Gasteiger partial charge in [-0.05, 0) is 23.6 Å². The van der Waals surface area contributed by atoms with Gasteiger partial charge in [-0.15, -0.1) is 0 Å². The van der Waals surface area contributed by atoms with Gasteiger partial charge in [0.15, 0.2) is 0 Å². The van der Waals surface area contributed by atoms with E-state index in [4.69, 9.17) is 4.74 Å². The Labute approximate surface area is 388 Å². The van der Waals surface area contributed by atoms with Gasteiger partial charge >= 0.3 is 282 Å². The van der Waals surface area contributed by atoms with Crippen molar-refractivity contribution in [3.8, 4) is 4.37 Å². The van der Waals surface area contributed by atoms with Crippen LogP contribution >= 0.6 is 7.26 Å². The van der Waals surface area contributed by atoms with Crippen molar-refractivity contribution in [3.05, 3.63) is 256 Å². The van der Waals surface area contributed by atoms with Crippen LogP contribution < -0.4 is 15.9 Å². The number of allylic oxidation sites excluding steroid dienone is 5. The first-order chi connectivity index (χ1) is 31.6. The molecule has 0 amide bonds. The Morgan fingerprint density at radius 2 is 0.859 bits per heavy atom. The van der Waals surface area contributed by atoms with Gasteiger partial charge < -0.3 is 0 Å². The van der Waals surface area contributed by atoms with Crippen molar-refractivity contribution in [3.63, 3.8) is 0 Å². The number of fused-ring (bicyclic) bond motifs is 2. The van der Waals surface area contributed by atoms with Gasteiger partial charge in [-0.3, -0.25) is 0 Å². The quantitative estimate of drug-likeness (QED) is 0.0713. The van der Waals surface area contributed by atoms with Crippen LogP contribution in [-0.4, -0.2) is 13.2 Å². The fourth-order valence-electron chi connectivity index (χ4n) is 9.00. The first-order valence-electron chi connectivity index (χ1n) is 21.8. The van der Waals surface area contributed by atoms with E-state index in [1.807, 2.05) is 17.9 Å². The molecular formula is C61H49OOsP+. The van der Waals surface area contributed by atoms with Crippen molar-refractivity contribution in [1.29, 1.82) is 0 Å². The van der Waals surface area contributed by atoms with Crippen LogP contribution in [0.3, 0.4) is 0 Å². The molecular weight excluding hydrogens is 970 g/mol. The molecule has 8 aromatic carbocycles. The maximum atomic E-state index is 6.07. The molecule has 1 heterocycles. The van der Waals surface area contributed by atoms with Crippen LogP contribution in [0.25, 0.3) is 57.5 Å². The third kappa shape index (κ3) is 8.60. The number of benzene rings is 8. The van der Waals surface area contributed by atoms with Crippen molar-refractivity contribution in [2.45, 2.75) is 13.8 Å². The van der Waals surface area contributed by atoms with Crippen molar-refractivity contribution >= 4 is 80.7 Å². The average Bonchev–Trinajstić information content (AvgIpc) is 3.82. The van der Waals surface area contributed by atoms with E-state index in [1.54, 1.807) is 0 Å². The van der Waals surface area contributed by atoms with Crippen LogP contribution in [0.5, 0.6) is 0 Å². The SMILES string of the molecule is CC=C1COCC1=CC(=C([C]#[Os])[P+](c1ccccc1)(c1ccccc1)c1ccccc1)c1ccc(/C=C/c2c3ccccc3c(/C=C/c3ccc(/C=C/C)cc3)c3ccccc23)cc1. The van der Waals surface area contributed by atoms with E-state index in [9.17, 15) is 0 Å². The number of rotatable bonds is 11. The average molecular weight is 1020 g/mol. The first kappa shape index (κ1) is 42.8. The minimum atomic E-state index is -2.46. The molecule has 1 nitrogen and oxygen atoms in total.